The summed E-state index contributed by atoms with van der Waals surface area (Å²) in [5.74, 6) is 0. The summed E-state index contributed by atoms with van der Waals surface area (Å²) in [5.41, 5.74) is 6.44. The molecule has 78 valence electrons. The van der Waals surface area contributed by atoms with Crippen molar-refractivity contribution in [1.29, 1.82) is 0 Å². The fourth-order valence-corrected chi connectivity index (χ4v) is 1.64. The van der Waals surface area contributed by atoms with Crippen molar-refractivity contribution in [1.82, 2.24) is 0 Å². The number of hydrogen-bond acceptors (Lipinski definition) is 3. The zero-order valence-corrected chi connectivity index (χ0v) is 8.61. The maximum Gasteiger partial charge on any atom is 0.302 e. The minimum atomic E-state index is -2.30. The van der Waals surface area contributed by atoms with E-state index in [1.54, 1.807) is 19.1 Å². The van der Waals surface area contributed by atoms with Crippen LogP contribution in [0.15, 0.2) is 30.3 Å². The highest BCUT2D eigenvalue weighted by Crippen LogP contribution is 2.20. The van der Waals surface area contributed by atoms with E-state index in [-0.39, 0.29) is 6.04 Å². The Balaban J connectivity index is 2.83. The molecule has 1 aromatic rings. The van der Waals surface area contributed by atoms with Gasteiger partial charge >= 0.3 is 11.4 Å². The molecule has 0 spiro atoms. The molecule has 0 radical (unpaired) electrons. The van der Waals surface area contributed by atoms with Crippen molar-refractivity contribution in [3.05, 3.63) is 35.9 Å². The van der Waals surface area contributed by atoms with E-state index in [4.69, 9.17) is 14.5 Å². The van der Waals surface area contributed by atoms with Crippen molar-refractivity contribution in [2.45, 2.75) is 19.1 Å². The molecule has 0 heterocycles. The molecular weight excluding hydrogens is 202 g/mol. The molecule has 0 aliphatic carbocycles. The summed E-state index contributed by atoms with van der Waals surface area (Å²) >= 11 is -2.30. The van der Waals surface area contributed by atoms with Gasteiger partial charge in [0.25, 0.3) is 0 Å². The van der Waals surface area contributed by atoms with Crippen LogP contribution in [0.25, 0.3) is 0 Å². The average molecular weight is 215 g/mol. The molecule has 3 unspecified atom stereocenters. The lowest BCUT2D eigenvalue weighted by molar-refractivity contribution is 0.183. The topological polar surface area (TPSA) is 72.5 Å². The summed E-state index contributed by atoms with van der Waals surface area (Å²) in [6.45, 7) is 1.73. The van der Waals surface area contributed by atoms with Gasteiger partial charge in [-0.2, -0.15) is 4.21 Å². The summed E-state index contributed by atoms with van der Waals surface area (Å²) < 4.78 is 23.9. The Labute approximate surface area is 85.6 Å². The fourth-order valence-electron chi connectivity index (χ4n) is 1.18. The molecule has 14 heavy (non-hydrogen) atoms. The van der Waals surface area contributed by atoms with Gasteiger partial charge in [-0.3, -0.25) is 8.74 Å². The number of benzene rings is 1. The van der Waals surface area contributed by atoms with Crippen LogP contribution < -0.4 is 5.73 Å². The number of hydrogen-bond donors (Lipinski definition) is 2. The van der Waals surface area contributed by atoms with Gasteiger partial charge in [-0.25, -0.2) is 0 Å². The van der Waals surface area contributed by atoms with Gasteiger partial charge in [0.05, 0.1) is 0 Å². The predicted molar refractivity (Wildman–Crippen MR) is 54.7 cm³/mol. The molecule has 1 aromatic carbocycles. The minimum absolute atomic E-state index is 0.339. The Morgan fingerprint density at radius 3 is 2.43 bits per heavy atom. The van der Waals surface area contributed by atoms with Gasteiger partial charge in [0.2, 0.25) is 0 Å². The third-order valence-corrected chi connectivity index (χ3v) is 2.16. The molecular formula is C9H13NO3S. The Kier molecular flexibility index (Phi) is 4.21. The molecule has 1 rings (SSSR count). The highest BCUT2D eigenvalue weighted by Gasteiger charge is 2.19. The van der Waals surface area contributed by atoms with Crippen LogP contribution in [0, 0.1) is 0 Å². The van der Waals surface area contributed by atoms with Gasteiger partial charge in [-0.05, 0) is 12.5 Å². The van der Waals surface area contributed by atoms with E-state index in [9.17, 15) is 4.21 Å². The van der Waals surface area contributed by atoms with E-state index in [2.05, 4.69) is 0 Å². The lowest BCUT2D eigenvalue weighted by Crippen LogP contribution is -2.27. The summed E-state index contributed by atoms with van der Waals surface area (Å²) in [4.78, 5) is 0. The lowest BCUT2D eigenvalue weighted by Gasteiger charge is -2.18. The Hall–Kier alpha value is -0.750. The van der Waals surface area contributed by atoms with Crippen LogP contribution in [0.2, 0.25) is 0 Å². The molecule has 0 aliphatic rings. The molecule has 3 N–H and O–H groups in total. The first-order chi connectivity index (χ1) is 6.61. The van der Waals surface area contributed by atoms with Crippen LogP contribution in [-0.2, 0) is 15.5 Å². The number of nitrogens with two attached hydrogens (primary N) is 1. The van der Waals surface area contributed by atoms with Crippen molar-refractivity contribution < 1.29 is 12.9 Å². The quantitative estimate of drug-likeness (QED) is 0.741. The molecule has 0 bridgehead atoms. The van der Waals surface area contributed by atoms with Crippen LogP contribution in [0.4, 0.5) is 0 Å². The molecule has 0 aliphatic heterocycles. The zero-order chi connectivity index (χ0) is 10.6. The summed E-state index contributed by atoms with van der Waals surface area (Å²) in [7, 11) is 0. The fraction of sp³-hybridized carbons (Fsp3) is 0.333. The van der Waals surface area contributed by atoms with Crippen LogP contribution in [0.3, 0.4) is 0 Å². The highest BCUT2D eigenvalue weighted by molar-refractivity contribution is 7.74. The van der Waals surface area contributed by atoms with Crippen molar-refractivity contribution >= 4 is 11.4 Å². The molecule has 0 fully saturated rings. The zero-order valence-electron chi connectivity index (χ0n) is 7.79. The third-order valence-electron chi connectivity index (χ3n) is 1.79. The highest BCUT2D eigenvalue weighted by atomic mass is 32.2. The second-order valence-corrected chi connectivity index (χ2v) is 3.63. The van der Waals surface area contributed by atoms with Crippen molar-refractivity contribution in [3.63, 3.8) is 0 Å². The second kappa shape index (κ2) is 5.21. The van der Waals surface area contributed by atoms with Crippen LogP contribution in [0.1, 0.15) is 18.6 Å². The molecule has 0 amide bonds. The van der Waals surface area contributed by atoms with Crippen molar-refractivity contribution in [3.8, 4) is 0 Å². The minimum Gasteiger partial charge on any atom is -0.325 e. The van der Waals surface area contributed by atoms with E-state index < -0.39 is 17.5 Å². The summed E-state index contributed by atoms with van der Waals surface area (Å²) in [5, 5.41) is 0. The van der Waals surface area contributed by atoms with Crippen molar-refractivity contribution in [2.75, 3.05) is 0 Å². The van der Waals surface area contributed by atoms with Gasteiger partial charge < -0.3 is 5.73 Å². The summed E-state index contributed by atoms with van der Waals surface area (Å²) in [6.07, 6.45) is -0.554. The molecule has 5 heteroatoms. The monoisotopic (exact) mass is 215 g/mol. The Bertz CT molecular complexity index is 302. The lowest BCUT2D eigenvalue weighted by atomic mass is 10.0. The Morgan fingerprint density at radius 2 is 2.00 bits per heavy atom. The van der Waals surface area contributed by atoms with Crippen LogP contribution in [-0.4, -0.2) is 14.8 Å². The van der Waals surface area contributed by atoms with E-state index in [1.807, 2.05) is 18.2 Å². The third kappa shape index (κ3) is 3.19. The maximum atomic E-state index is 10.5. The second-order valence-electron chi connectivity index (χ2n) is 3.00. The average Bonchev–Trinajstić information content (AvgIpc) is 2.15. The molecule has 0 saturated heterocycles. The first-order valence-electron chi connectivity index (χ1n) is 4.19. The first kappa shape index (κ1) is 11.3. The van der Waals surface area contributed by atoms with E-state index in [1.165, 1.54) is 0 Å². The van der Waals surface area contributed by atoms with E-state index >= 15 is 0 Å². The van der Waals surface area contributed by atoms with E-state index in [0.717, 1.165) is 5.56 Å². The van der Waals surface area contributed by atoms with Gasteiger partial charge in [-0.1, -0.05) is 30.3 Å². The predicted octanol–water partition coefficient (Wildman–Crippen LogP) is 1.23. The molecule has 0 saturated carbocycles. The summed E-state index contributed by atoms with van der Waals surface area (Å²) in [6, 6.07) is 8.79. The van der Waals surface area contributed by atoms with Crippen LogP contribution >= 0.6 is 0 Å². The maximum absolute atomic E-state index is 10.5. The van der Waals surface area contributed by atoms with Gasteiger partial charge in [0, 0.05) is 6.04 Å². The standard InChI is InChI=1S/C9H13NO3S/c1-7(10)9(13-14(11)12)8-5-3-2-4-6-8/h2-7,9H,10H2,1H3,(H,11,12). The van der Waals surface area contributed by atoms with Gasteiger partial charge in [-0.15, -0.1) is 0 Å². The van der Waals surface area contributed by atoms with Gasteiger partial charge in [0.1, 0.15) is 6.10 Å². The molecule has 3 atom stereocenters. The number of rotatable bonds is 4. The molecule has 4 nitrogen and oxygen atoms in total. The molecule has 0 aromatic heterocycles. The van der Waals surface area contributed by atoms with Gasteiger partial charge in [0.15, 0.2) is 0 Å². The largest absolute Gasteiger partial charge is 0.325 e. The Morgan fingerprint density at radius 1 is 1.43 bits per heavy atom. The SMILES string of the molecule is CC(N)C(OS(=O)O)c1ccccc1. The van der Waals surface area contributed by atoms with Crippen LogP contribution in [0.5, 0.6) is 0 Å². The first-order valence-corrected chi connectivity index (χ1v) is 5.23. The normalized spacial score (nSPS) is 17.4. The smallest absolute Gasteiger partial charge is 0.302 e. The van der Waals surface area contributed by atoms with Crippen molar-refractivity contribution in [2.24, 2.45) is 5.73 Å². The van der Waals surface area contributed by atoms with E-state index in [0.29, 0.717) is 0 Å².